The number of hydrogen-bond donors (Lipinski definition) is 0. The number of carbonyl (C=O) groups is 1. The summed E-state index contributed by atoms with van der Waals surface area (Å²) in [6.45, 7) is 0. The average molecular weight is 272 g/mol. The Morgan fingerprint density at radius 3 is 2.00 bits per heavy atom. The minimum atomic E-state index is -5.08. The van der Waals surface area contributed by atoms with Gasteiger partial charge in [0, 0.05) is 0 Å². The standard InChI is InChI=1S/C10H6F6O2/c1-18-8(17)6-3-2-5(9(11,12)13)4-7(6)10(14,15)16/h2-4H,1H3. The van der Waals surface area contributed by atoms with Crippen molar-refractivity contribution in [3.8, 4) is 0 Å². The van der Waals surface area contributed by atoms with Crippen LogP contribution in [0.15, 0.2) is 18.2 Å². The molecule has 0 bridgehead atoms. The topological polar surface area (TPSA) is 26.3 Å². The molecule has 0 radical (unpaired) electrons. The first-order valence-corrected chi connectivity index (χ1v) is 4.44. The number of halogens is 6. The fourth-order valence-electron chi connectivity index (χ4n) is 1.24. The quantitative estimate of drug-likeness (QED) is 0.577. The Morgan fingerprint density at radius 2 is 1.61 bits per heavy atom. The third-order valence-electron chi connectivity index (χ3n) is 2.06. The molecular formula is C10H6F6O2. The molecule has 0 aliphatic carbocycles. The highest BCUT2D eigenvalue weighted by Crippen LogP contribution is 2.37. The second-order valence-electron chi connectivity index (χ2n) is 3.25. The Kier molecular flexibility index (Phi) is 3.59. The van der Waals surface area contributed by atoms with Crippen LogP contribution in [0.5, 0.6) is 0 Å². The van der Waals surface area contributed by atoms with Crippen LogP contribution in [0.2, 0.25) is 0 Å². The third-order valence-corrected chi connectivity index (χ3v) is 2.06. The van der Waals surface area contributed by atoms with Gasteiger partial charge in [-0.25, -0.2) is 4.79 Å². The number of methoxy groups -OCH3 is 1. The van der Waals surface area contributed by atoms with Crippen molar-refractivity contribution < 1.29 is 35.9 Å². The molecule has 2 nitrogen and oxygen atoms in total. The summed E-state index contributed by atoms with van der Waals surface area (Å²) < 4.78 is 78.6. The smallest absolute Gasteiger partial charge is 0.417 e. The molecular weight excluding hydrogens is 266 g/mol. The second kappa shape index (κ2) is 4.51. The molecule has 0 N–H and O–H groups in total. The van der Waals surface area contributed by atoms with Gasteiger partial charge >= 0.3 is 18.3 Å². The Morgan fingerprint density at radius 1 is 1.06 bits per heavy atom. The van der Waals surface area contributed by atoms with Crippen LogP contribution in [0.25, 0.3) is 0 Å². The molecule has 0 heterocycles. The molecule has 0 aromatic heterocycles. The van der Waals surface area contributed by atoms with Gasteiger partial charge in [-0.05, 0) is 18.2 Å². The summed E-state index contributed by atoms with van der Waals surface area (Å²) in [5, 5.41) is 0. The fraction of sp³-hybridized carbons (Fsp3) is 0.300. The predicted molar refractivity (Wildman–Crippen MR) is 47.8 cm³/mol. The number of esters is 1. The zero-order chi connectivity index (χ0) is 14.1. The second-order valence-corrected chi connectivity index (χ2v) is 3.25. The third kappa shape index (κ3) is 2.93. The lowest BCUT2D eigenvalue weighted by atomic mass is 10.0. The summed E-state index contributed by atoms with van der Waals surface area (Å²) in [7, 11) is 0.833. The first kappa shape index (κ1) is 14.3. The Hall–Kier alpha value is -1.73. The minimum Gasteiger partial charge on any atom is -0.465 e. The number of alkyl halides is 6. The minimum absolute atomic E-state index is 0.119. The molecule has 100 valence electrons. The summed E-state index contributed by atoms with van der Waals surface area (Å²) in [5.74, 6) is -1.35. The van der Waals surface area contributed by atoms with Gasteiger partial charge in [-0.3, -0.25) is 0 Å². The van der Waals surface area contributed by atoms with Crippen LogP contribution in [0.4, 0.5) is 26.3 Å². The van der Waals surface area contributed by atoms with E-state index >= 15 is 0 Å². The van der Waals surface area contributed by atoms with Crippen LogP contribution in [0, 0.1) is 0 Å². The largest absolute Gasteiger partial charge is 0.465 e. The highest BCUT2D eigenvalue weighted by atomic mass is 19.4. The van der Waals surface area contributed by atoms with Crippen molar-refractivity contribution in [3.63, 3.8) is 0 Å². The van der Waals surface area contributed by atoms with Gasteiger partial charge in [0.1, 0.15) is 0 Å². The average Bonchev–Trinajstić information content (AvgIpc) is 2.24. The van der Waals surface area contributed by atoms with E-state index in [1.807, 2.05) is 0 Å². The zero-order valence-corrected chi connectivity index (χ0v) is 8.82. The molecule has 0 aliphatic rings. The van der Waals surface area contributed by atoms with E-state index in [1.165, 1.54) is 0 Å². The summed E-state index contributed by atoms with van der Waals surface area (Å²) in [5.41, 5.74) is -4.12. The van der Waals surface area contributed by atoms with Crippen molar-refractivity contribution >= 4 is 5.97 Å². The molecule has 8 heteroatoms. The predicted octanol–water partition coefficient (Wildman–Crippen LogP) is 3.51. The maximum Gasteiger partial charge on any atom is 0.417 e. The van der Waals surface area contributed by atoms with Crippen LogP contribution < -0.4 is 0 Å². The summed E-state index contributed by atoms with van der Waals surface area (Å²) >= 11 is 0. The van der Waals surface area contributed by atoms with E-state index in [-0.39, 0.29) is 6.07 Å². The van der Waals surface area contributed by atoms with Gasteiger partial charge in [0.05, 0.1) is 23.8 Å². The Balaban J connectivity index is 3.44. The Labute approximate surface area is 97.2 Å². The maximum absolute atomic E-state index is 12.5. The molecule has 0 atom stereocenters. The summed E-state index contributed by atoms with van der Waals surface area (Å²) in [6.07, 6.45) is -10.0. The molecule has 0 saturated heterocycles. The van der Waals surface area contributed by atoms with Crippen molar-refractivity contribution in [1.29, 1.82) is 0 Å². The van der Waals surface area contributed by atoms with E-state index in [0.29, 0.717) is 12.1 Å². The molecule has 1 rings (SSSR count). The maximum atomic E-state index is 12.5. The van der Waals surface area contributed by atoms with Crippen LogP contribution in [-0.4, -0.2) is 13.1 Å². The number of carbonyl (C=O) groups excluding carboxylic acids is 1. The Bertz CT molecular complexity index is 460. The molecule has 1 aromatic rings. The SMILES string of the molecule is COC(=O)c1ccc(C(F)(F)F)cc1C(F)(F)F. The van der Waals surface area contributed by atoms with Crippen LogP contribution in [0.3, 0.4) is 0 Å². The molecule has 0 unspecified atom stereocenters. The highest BCUT2D eigenvalue weighted by molar-refractivity contribution is 5.91. The molecule has 0 saturated carbocycles. The lowest BCUT2D eigenvalue weighted by Gasteiger charge is -2.14. The van der Waals surface area contributed by atoms with E-state index in [1.54, 1.807) is 0 Å². The van der Waals surface area contributed by atoms with Crippen molar-refractivity contribution in [3.05, 3.63) is 34.9 Å². The van der Waals surface area contributed by atoms with Crippen LogP contribution in [0.1, 0.15) is 21.5 Å². The molecule has 18 heavy (non-hydrogen) atoms. The van der Waals surface area contributed by atoms with Gasteiger partial charge in [0.15, 0.2) is 0 Å². The van der Waals surface area contributed by atoms with Gasteiger partial charge in [0.2, 0.25) is 0 Å². The van der Waals surface area contributed by atoms with E-state index in [0.717, 1.165) is 7.11 Å². The number of rotatable bonds is 1. The number of ether oxygens (including phenoxy) is 1. The molecule has 1 aromatic carbocycles. The first-order valence-electron chi connectivity index (χ1n) is 4.44. The highest BCUT2D eigenvalue weighted by Gasteiger charge is 2.39. The van der Waals surface area contributed by atoms with Gasteiger partial charge in [0.25, 0.3) is 0 Å². The van der Waals surface area contributed by atoms with Gasteiger partial charge in [-0.1, -0.05) is 0 Å². The van der Waals surface area contributed by atoms with Crippen molar-refractivity contribution in [2.75, 3.05) is 7.11 Å². The van der Waals surface area contributed by atoms with Gasteiger partial charge in [-0.2, -0.15) is 26.3 Å². The number of hydrogen-bond acceptors (Lipinski definition) is 2. The lowest BCUT2D eigenvalue weighted by molar-refractivity contribution is -0.143. The van der Waals surface area contributed by atoms with Crippen molar-refractivity contribution in [2.45, 2.75) is 12.4 Å². The van der Waals surface area contributed by atoms with Gasteiger partial charge < -0.3 is 4.74 Å². The lowest BCUT2D eigenvalue weighted by Crippen LogP contribution is -2.16. The van der Waals surface area contributed by atoms with Crippen LogP contribution in [-0.2, 0) is 17.1 Å². The van der Waals surface area contributed by atoms with Crippen molar-refractivity contribution in [2.24, 2.45) is 0 Å². The van der Waals surface area contributed by atoms with E-state index in [9.17, 15) is 31.1 Å². The molecule has 0 amide bonds. The summed E-state index contributed by atoms with van der Waals surface area (Å²) in [4.78, 5) is 11.0. The van der Waals surface area contributed by atoms with Crippen molar-refractivity contribution in [1.82, 2.24) is 0 Å². The summed E-state index contributed by atoms with van der Waals surface area (Å²) in [6, 6.07) is 0.714. The zero-order valence-electron chi connectivity index (χ0n) is 8.82. The normalized spacial score (nSPS) is 12.4. The van der Waals surface area contributed by atoms with E-state index in [2.05, 4.69) is 4.74 Å². The fourth-order valence-corrected chi connectivity index (χ4v) is 1.24. The monoisotopic (exact) mass is 272 g/mol. The van der Waals surface area contributed by atoms with E-state index < -0.39 is 35.0 Å². The van der Waals surface area contributed by atoms with Gasteiger partial charge in [-0.15, -0.1) is 0 Å². The molecule has 0 spiro atoms. The first-order chi connectivity index (χ1) is 8.07. The molecule has 0 fully saturated rings. The van der Waals surface area contributed by atoms with Crippen LogP contribution >= 0.6 is 0 Å². The number of benzene rings is 1. The van der Waals surface area contributed by atoms with E-state index in [4.69, 9.17) is 0 Å². The molecule has 0 aliphatic heterocycles.